The van der Waals surface area contributed by atoms with Crippen molar-refractivity contribution < 1.29 is 23.7 Å². The number of H-pyrrole nitrogens is 1. The fourth-order valence-electron chi connectivity index (χ4n) is 2.51. The van der Waals surface area contributed by atoms with E-state index in [9.17, 15) is 4.79 Å². The molecular formula is C17H19BrN2O5. The van der Waals surface area contributed by atoms with Crippen molar-refractivity contribution in [2.75, 3.05) is 27.9 Å². The number of aromatic amines is 1. The van der Waals surface area contributed by atoms with Gasteiger partial charge in [-0.25, -0.2) is 4.79 Å². The average Bonchev–Trinajstić information content (AvgIpc) is 2.96. The van der Waals surface area contributed by atoms with Crippen LogP contribution in [0.4, 0.5) is 0 Å². The van der Waals surface area contributed by atoms with Crippen LogP contribution in [0.5, 0.6) is 17.2 Å². The van der Waals surface area contributed by atoms with Crippen LogP contribution in [0.25, 0.3) is 11.1 Å². The van der Waals surface area contributed by atoms with Crippen LogP contribution in [0, 0.1) is 5.41 Å². The van der Waals surface area contributed by atoms with Gasteiger partial charge in [0.25, 0.3) is 0 Å². The number of methoxy groups -OCH3 is 3. The minimum Gasteiger partial charge on any atom is -0.493 e. The SMILES string of the molecule is CCOC(=O)c1[nH]c(C=N)c(-c2ccc(OC)c(OC)c2OC)c1Br. The van der Waals surface area contributed by atoms with Crippen LogP contribution < -0.4 is 14.2 Å². The van der Waals surface area contributed by atoms with E-state index in [1.165, 1.54) is 21.3 Å². The molecular weight excluding hydrogens is 392 g/mol. The summed E-state index contributed by atoms with van der Waals surface area (Å²) < 4.78 is 21.7. The van der Waals surface area contributed by atoms with Gasteiger partial charge >= 0.3 is 5.97 Å². The number of ether oxygens (including phenoxy) is 4. The van der Waals surface area contributed by atoms with Gasteiger partial charge in [0.15, 0.2) is 11.5 Å². The largest absolute Gasteiger partial charge is 0.493 e. The molecule has 1 aromatic heterocycles. The number of nitrogens with one attached hydrogen (secondary N) is 2. The molecule has 0 unspecified atom stereocenters. The number of carbonyl (C=O) groups is 1. The highest BCUT2D eigenvalue weighted by Gasteiger charge is 2.26. The highest BCUT2D eigenvalue weighted by Crippen LogP contribution is 2.47. The Morgan fingerprint density at radius 1 is 1.20 bits per heavy atom. The number of hydrogen-bond donors (Lipinski definition) is 2. The lowest BCUT2D eigenvalue weighted by Gasteiger charge is -2.16. The van der Waals surface area contributed by atoms with Gasteiger partial charge in [-0.2, -0.15) is 0 Å². The van der Waals surface area contributed by atoms with E-state index in [1.54, 1.807) is 19.1 Å². The van der Waals surface area contributed by atoms with Crippen molar-refractivity contribution in [3.8, 4) is 28.4 Å². The summed E-state index contributed by atoms with van der Waals surface area (Å²) in [6.07, 6.45) is 1.12. The lowest BCUT2D eigenvalue weighted by atomic mass is 10.0. The van der Waals surface area contributed by atoms with Crippen LogP contribution in [0.15, 0.2) is 16.6 Å². The summed E-state index contributed by atoms with van der Waals surface area (Å²) in [6.45, 7) is 1.98. The van der Waals surface area contributed by atoms with Gasteiger partial charge in [0.05, 0.1) is 38.1 Å². The molecule has 2 rings (SSSR count). The Morgan fingerprint density at radius 2 is 1.88 bits per heavy atom. The Labute approximate surface area is 153 Å². The summed E-state index contributed by atoms with van der Waals surface area (Å²) in [6, 6.07) is 3.50. The van der Waals surface area contributed by atoms with Gasteiger partial charge in [-0.05, 0) is 35.0 Å². The summed E-state index contributed by atoms with van der Waals surface area (Å²) in [5, 5.41) is 7.67. The molecule has 2 aromatic rings. The molecule has 0 saturated heterocycles. The molecule has 0 saturated carbocycles. The second-order valence-electron chi connectivity index (χ2n) is 4.85. The van der Waals surface area contributed by atoms with E-state index < -0.39 is 5.97 Å². The first-order chi connectivity index (χ1) is 12.0. The zero-order valence-corrected chi connectivity index (χ0v) is 15.9. The lowest BCUT2D eigenvalue weighted by Crippen LogP contribution is -2.05. The van der Waals surface area contributed by atoms with Crippen molar-refractivity contribution in [3.63, 3.8) is 0 Å². The van der Waals surface area contributed by atoms with Crippen LogP contribution in [0.1, 0.15) is 23.1 Å². The number of esters is 1. The predicted molar refractivity (Wildman–Crippen MR) is 97.4 cm³/mol. The second-order valence-corrected chi connectivity index (χ2v) is 5.64. The molecule has 0 bridgehead atoms. The first kappa shape index (κ1) is 18.9. The summed E-state index contributed by atoms with van der Waals surface area (Å²) in [5.74, 6) is 0.851. The molecule has 7 nitrogen and oxygen atoms in total. The molecule has 0 fully saturated rings. The van der Waals surface area contributed by atoms with E-state index >= 15 is 0 Å². The predicted octanol–water partition coefficient (Wildman–Crippen LogP) is 3.64. The molecule has 0 spiro atoms. The second kappa shape index (κ2) is 8.06. The summed E-state index contributed by atoms with van der Waals surface area (Å²) in [5.41, 5.74) is 1.89. The molecule has 0 aliphatic heterocycles. The van der Waals surface area contributed by atoms with Gasteiger partial charge in [-0.3, -0.25) is 0 Å². The van der Waals surface area contributed by atoms with E-state index in [0.29, 0.717) is 38.5 Å². The van der Waals surface area contributed by atoms with E-state index in [1.807, 2.05) is 0 Å². The molecule has 0 amide bonds. The quantitative estimate of drug-likeness (QED) is 0.536. The Balaban J connectivity index is 2.74. The number of carbonyl (C=O) groups excluding carboxylic acids is 1. The normalized spacial score (nSPS) is 10.3. The smallest absolute Gasteiger partial charge is 0.355 e. The molecule has 0 aliphatic carbocycles. The van der Waals surface area contributed by atoms with E-state index in [4.69, 9.17) is 24.4 Å². The Bertz CT molecular complexity index is 801. The van der Waals surface area contributed by atoms with Gasteiger partial charge in [-0.15, -0.1) is 0 Å². The molecule has 134 valence electrons. The first-order valence-corrected chi connectivity index (χ1v) is 8.21. The molecule has 8 heteroatoms. The maximum absolute atomic E-state index is 12.1. The Kier molecular flexibility index (Phi) is 6.08. The molecule has 2 N–H and O–H groups in total. The van der Waals surface area contributed by atoms with Gasteiger partial charge in [0, 0.05) is 17.3 Å². The highest BCUT2D eigenvalue weighted by atomic mass is 79.9. The number of aromatic nitrogens is 1. The van der Waals surface area contributed by atoms with Crippen molar-refractivity contribution in [1.82, 2.24) is 4.98 Å². The Hall–Kier alpha value is -2.48. The Morgan fingerprint density at radius 3 is 2.40 bits per heavy atom. The van der Waals surface area contributed by atoms with Gasteiger partial charge in [0.1, 0.15) is 5.69 Å². The molecule has 1 aromatic carbocycles. The highest BCUT2D eigenvalue weighted by molar-refractivity contribution is 9.10. The van der Waals surface area contributed by atoms with Crippen LogP contribution >= 0.6 is 15.9 Å². The first-order valence-electron chi connectivity index (χ1n) is 7.42. The summed E-state index contributed by atoms with van der Waals surface area (Å²) >= 11 is 3.43. The molecule has 1 heterocycles. The van der Waals surface area contributed by atoms with Gasteiger partial charge < -0.3 is 29.3 Å². The van der Waals surface area contributed by atoms with Crippen LogP contribution in [-0.4, -0.2) is 45.1 Å². The third-order valence-electron chi connectivity index (χ3n) is 3.57. The number of halogens is 1. The fourth-order valence-corrected chi connectivity index (χ4v) is 3.20. The number of hydrogen-bond acceptors (Lipinski definition) is 6. The van der Waals surface area contributed by atoms with Crippen molar-refractivity contribution in [3.05, 3.63) is 28.0 Å². The number of benzene rings is 1. The van der Waals surface area contributed by atoms with Crippen molar-refractivity contribution in [2.45, 2.75) is 6.92 Å². The maximum Gasteiger partial charge on any atom is 0.355 e. The van der Waals surface area contributed by atoms with Crippen molar-refractivity contribution in [1.29, 1.82) is 5.41 Å². The third-order valence-corrected chi connectivity index (χ3v) is 4.36. The molecule has 25 heavy (non-hydrogen) atoms. The van der Waals surface area contributed by atoms with Crippen LogP contribution in [-0.2, 0) is 4.74 Å². The maximum atomic E-state index is 12.1. The van der Waals surface area contributed by atoms with Crippen LogP contribution in [0.3, 0.4) is 0 Å². The van der Waals surface area contributed by atoms with E-state index in [0.717, 1.165) is 6.21 Å². The van der Waals surface area contributed by atoms with Crippen LogP contribution in [0.2, 0.25) is 0 Å². The standard InChI is InChI=1S/C17H19BrN2O5/c1-5-25-17(21)14-13(18)12(10(8-19)20-14)9-6-7-11(22-2)16(24-4)15(9)23-3/h6-8,19-20H,5H2,1-4H3. The minimum atomic E-state index is -0.511. The lowest BCUT2D eigenvalue weighted by molar-refractivity contribution is 0.0519. The zero-order chi connectivity index (χ0) is 18.6. The van der Waals surface area contributed by atoms with Crippen molar-refractivity contribution >= 4 is 28.1 Å². The van der Waals surface area contributed by atoms with Crippen molar-refractivity contribution in [2.24, 2.45) is 0 Å². The zero-order valence-electron chi connectivity index (χ0n) is 14.4. The van der Waals surface area contributed by atoms with Gasteiger partial charge in [-0.1, -0.05) is 0 Å². The molecule has 0 atom stereocenters. The monoisotopic (exact) mass is 410 g/mol. The molecule has 0 radical (unpaired) electrons. The summed E-state index contributed by atoms with van der Waals surface area (Å²) in [4.78, 5) is 15.0. The van der Waals surface area contributed by atoms with E-state index in [-0.39, 0.29) is 12.3 Å². The topological polar surface area (TPSA) is 93.6 Å². The number of rotatable bonds is 7. The van der Waals surface area contributed by atoms with E-state index in [2.05, 4.69) is 20.9 Å². The average molecular weight is 411 g/mol. The fraction of sp³-hybridized carbons (Fsp3) is 0.294. The third kappa shape index (κ3) is 3.34. The minimum absolute atomic E-state index is 0.229. The van der Waals surface area contributed by atoms with Gasteiger partial charge in [0.2, 0.25) is 5.75 Å². The summed E-state index contributed by atoms with van der Waals surface area (Å²) in [7, 11) is 4.56. The molecule has 0 aliphatic rings.